The lowest BCUT2D eigenvalue weighted by Gasteiger charge is -2.19. The summed E-state index contributed by atoms with van der Waals surface area (Å²) in [7, 11) is 0. The highest BCUT2D eigenvalue weighted by Gasteiger charge is 2.20. The van der Waals surface area contributed by atoms with E-state index in [9.17, 15) is 4.79 Å². The molecule has 0 aliphatic rings. The zero-order chi connectivity index (χ0) is 16.6. The van der Waals surface area contributed by atoms with Crippen molar-refractivity contribution >= 4 is 5.91 Å². The highest BCUT2D eigenvalue weighted by Crippen LogP contribution is 2.22. The standard InChI is InChI=1S/C20H41NO/c1-4-6-7-8-9-10-11-12-13-14-15-16-17-19(20(21)22)18(3)5-2/h18-19H,4-17H2,1-3H3,(H2,21,22). The minimum atomic E-state index is -0.0996. The first kappa shape index (κ1) is 21.5. The van der Waals surface area contributed by atoms with E-state index < -0.39 is 0 Å². The van der Waals surface area contributed by atoms with Gasteiger partial charge >= 0.3 is 0 Å². The Balaban J connectivity index is 3.37. The Labute approximate surface area is 139 Å². The summed E-state index contributed by atoms with van der Waals surface area (Å²) in [6.07, 6.45) is 18.4. The van der Waals surface area contributed by atoms with Gasteiger partial charge in [0.1, 0.15) is 0 Å². The van der Waals surface area contributed by atoms with Crippen molar-refractivity contribution in [2.45, 2.75) is 111 Å². The third-order valence-corrected chi connectivity index (χ3v) is 5.06. The largest absolute Gasteiger partial charge is 0.369 e. The van der Waals surface area contributed by atoms with E-state index in [1.807, 2.05) is 0 Å². The fraction of sp³-hybridized carbons (Fsp3) is 0.950. The van der Waals surface area contributed by atoms with Crippen molar-refractivity contribution in [1.29, 1.82) is 0 Å². The first-order valence-corrected chi connectivity index (χ1v) is 9.92. The molecule has 0 aliphatic heterocycles. The van der Waals surface area contributed by atoms with Gasteiger partial charge in [0, 0.05) is 5.92 Å². The Hall–Kier alpha value is -0.530. The SMILES string of the molecule is CCCCCCCCCCCCCCC(C(N)=O)C(C)CC. The fourth-order valence-corrected chi connectivity index (χ4v) is 3.20. The van der Waals surface area contributed by atoms with E-state index in [2.05, 4.69) is 20.8 Å². The van der Waals surface area contributed by atoms with Crippen LogP contribution in [-0.2, 0) is 4.79 Å². The lowest BCUT2D eigenvalue weighted by molar-refractivity contribution is -0.123. The molecule has 22 heavy (non-hydrogen) atoms. The summed E-state index contributed by atoms with van der Waals surface area (Å²) in [5.41, 5.74) is 5.51. The summed E-state index contributed by atoms with van der Waals surface area (Å²) in [4.78, 5) is 11.5. The first-order chi connectivity index (χ1) is 10.6. The molecular formula is C20H41NO. The van der Waals surface area contributed by atoms with Gasteiger partial charge in [-0.25, -0.2) is 0 Å². The van der Waals surface area contributed by atoms with Crippen molar-refractivity contribution in [3.8, 4) is 0 Å². The summed E-state index contributed by atoms with van der Waals surface area (Å²) in [5.74, 6) is 0.427. The number of carbonyl (C=O) groups excluding carboxylic acids is 1. The second kappa shape index (κ2) is 15.4. The highest BCUT2D eigenvalue weighted by molar-refractivity contribution is 5.76. The van der Waals surface area contributed by atoms with E-state index in [0.29, 0.717) is 5.92 Å². The second-order valence-electron chi connectivity index (χ2n) is 7.07. The molecule has 2 atom stereocenters. The molecule has 2 heteroatoms. The summed E-state index contributed by atoms with van der Waals surface area (Å²) in [5, 5.41) is 0. The van der Waals surface area contributed by atoms with Crippen LogP contribution < -0.4 is 5.73 Å². The smallest absolute Gasteiger partial charge is 0.220 e. The molecule has 0 aromatic carbocycles. The van der Waals surface area contributed by atoms with Crippen LogP contribution in [0.15, 0.2) is 0 Å². The van der Waals surface area contributed by atoms with Gasteiger partial charge in [-0.05, 0) is 12.3 Å². The number of amides is 1. The molecule has 0 radical (unpaired) electrons. The molecule has 0 aliphatic carbocycles. The van der Waals surface area contributed by atoms with Gasteiger partial charge in [-0.15, -0.1) is 0 Å². The number of carbonyl (C=O) groups is 1. The van der Waals surface area contributed by atoms with Crippen molar-refractivity contribution in [1.82, 2.24) is 0 Å². The fourth-order valence-electron chi connectivity index (χ4n) is 3.20. The molecule has 0 aromatic rings. The molecule has 0 saturated carbocycles. The Morgan fingerprint density at radius 2 is 1.18 bits per heavy atom. The van der Waals surface area contributed by atoms with Gasteiger partial charge in [-0.3, -0.25) is 4.79 Å². The molecule has 132 valence electrons. The average molecular weight is 312 g/mol. The van der Waals surface area contributed by atoms with Crippen LogP contribution in [0.25, 0.3) is 0 Å². The predicted octanol–water partition coefficient (Wildman–Crippen LogP) is 6.23. The van der Waals surface area contributed by atoms with Crippen LogP contribution in [-0.4, -0.2) is 5.91 Å². The quantitative estimate of drug-likeness (QED) is 0.337. The van der Waals surface area contributed by atoms with E-state index >= 15 is 0 Å². The third kappa shape index (κ3) is 12.1. The zero-order valence-electron chi connectivity index (χ0n) is 15.5. The highest BCUT2D eigenvalue weighted by atomic mass is 16.1. The maximum absolute atomic E-state index is 11.5. The lowest BCUT2D eigenvalue weighted by atomic mass is 9.86. The Kier molecular flexibility index (Phi) is 15.0. The van der Waals surface area contributed by atoms with Crippen LogP contribution in [0.4, 0.5) is 0 Å². The number of unbranched alkanes of at least 4 members (excludes halogenated alkanes) is 11. The van der Waals surface area contributed by atoms with E-state index in [0.717, 1.165) is 19.3 Å². The van der Waals surface area contributed by atoms with Crippen LogP contribution in [0, 0.1) is 11.8 Å². The van der Waals surface area contributed by atoms with Crippen LogP contribution in [0.1, 0.15) is 111 Å². The predicted molar refractivity (Wildman–Crippen MR) is 97.8 cm³/mol. The molecule has 0 aromatic heterocycles. The van der Waals surface area contributed by atoms with Crippen LogP contribution in [0.3, 0.4) is 0 Å². The monoisotopic (exact) mass is 311 g/mol. The number of rotatable bonds is 16. The molecule has 0 spiro atoms. The molecule has 0 rings (SSSR count). The summed E-state index contributed by atoms with van der Waals surface area (Å²) in [6.45, 7) is 6.56. The zero-order valence-corrected chi connectivity index (χ0v) is 15.5. The van der Waals surface area contributed by atoms with E-state index in [1.165, 1.54) is 70.6 Å². The Morgan fingerprint density at radius 1 is 0.773 bits per heavy atom. The molecule has 0 saturated heterocycles. The molecule has 0 fully saturated rings. The maximum Gasteiger partial charge on any atom is 0.220 e. The van der Waals surface area contributed by atoms with Crippen LogP contribution in [0.2, 0.25) is 0 Å². The number of hydrogen-bond acceptors (Lipinski definition) is 1. The summed E-state index contributed by atoms with van der Waals surface area (Å²) in [6, 6.07) is 0. The molecule has 1 amide bonds. The van der Waals surface area contributed by atoms with E-state index in [4.69, 9.17) is 5.73 Å². The molecule has 2 unspecified atom stereocenters. The van der Waals surface area contributed by atoms with Gasteiger partial charge < -0.3 is 5.73 Å². The lowest BCUT2D eigenvalue weighted by Crippen LogP contribution is -2.28. The number of hydrogen-bond donors (Lipinski definition) is 1. The van der Waals surface area contributed by atoms with Crippen molar-refractivity contribution in [2.75, 3.05) is 0 Å². The van der Waals surface area contributed by atoms with Crippen LogP contribution in [0.5, 0.6) is 0 Å². The minimum absolute atomic E-state index is 0.0909. The molecular weight excluding hydrogens is 270 g/mol. The minimum Gasteiger partial charge on any atom is -0.369 e. The van der Waals surface area contributed by atoms with Gasteiger partial charge in [0.25, 0.3) is 0 Å². The van der Waals surface area contributed by atoms with Crippen molar-refractivity contribution < 1.29 is 4.79 Å². The van der Waals surface area contributed by atoms with Crippen molar-refractivity contribution in [3.63, 3.8) is 0 Å². The molecule has 0 heterocycles. The number of primary amides is 1. The normalized spacial score (nSPS) is 14.0. The summed E-state index contributed by atoms with van der Waals surface area (Å²) < 4.78 is 0. The second-order valence-corrected chi connectivity index (χ2v) is 7.07. The number of nitrogens with two attached hydrogens (primary N) is 1. The van der Waals surface area contributed by atoms with Gasteiger partial charge in [0.15, 0.2) is 0 Å². The van der Waals surface area contributed by atoms with Gasteiger partial charge in [-0.1, -0.05) is 104 Å². The van der Waals surface area contributed by atoms with Gasteiger partial charge in [0.2, 0.25) is 5.91 Å². The first-order valence-electron chi connectivity index (χ1n) is 9.92. The molecule has 0 bridgehead atoms. The van der Waals surface area contributed by atoms with Crippen molar-refractivity contribution in [3.05, 3.63) is 0 Å². The Morgan fingerprint density at radius 3 is 1.55 bits per heavy atom. The summed E-state index contributed by atoms with van der Waals surface area (Å²) >= 11 is 0. The van der Waals surface area contributed by atoms with Crippen molar-refractivity contribution in [2.24, 2.45) is 17.6 Å². The maximum atomic E-state index is 11.5. The molecule has 2 N–H and O–H groups in total. The van der Waals surface area contributed by atoms with Gasteiger partial charge in [0.05, 0.1) is 0 Å². The van der Waals surface area contributed by atoms with Gasteiger partial charge in [-0.2, -0.15) is 0 Å². The Bertz CT molecular complexity index is 252. The van der Waals surface area contributed by atoms with E-state index in [-0.39, 0.29) is 11.8 Å². The van der Waals surface area contributed by atoms with E-state index in [1.54, 1.807) is 0 Å². The average Bonchev–Trinajstić information content (AvgIpc) is 2.51. The van der Waals surface area contributed by atoms with Crippen LogP contribution >= 0.6 is 0 Å². The topological polar surface area (TPSA) is 43.1 Å². The third-order valence-electron chi connectivity index (χ3n) is 5.06. The molecule has 2 nitrogen and oxygen atoms in total.